The molecule has 0 aliphatic rings. The number of nitrogen functional groups attached to an aromatic ring is 1. The Morgan fingerprint density at radius 3 is 2.10 bits per heavy atom. The van der Waals surface area contributed by atoms with Crippen LogP contribution < -0.4 is 11.1 Å². The number of anilines is 3. The van der Waals surface area contributed by atoms with Crippen molar-refractivity contribution in [1.29, 1.82) is 0 Å². The Labute approximate surface area is 124 Å². The third-order valence-electron chi connectivity index (χ3n) is 2.77. The van der Waals surface area contributed by atoms with Crippen LogP contribution in [0, 0.1) is 0 Å². The van der Waals surface area contributed by atoms with Gasteiger partial charge in [0.2, 0.25) is 0 Å². The predicted octanol–water partition coefficient (Wildman–Crippen LogP) is 3.06. The second-order valence-electron chi connectivity index (χ2n) is 4.23. The van der Waals surface area contributed by atoms with Crippen LogP contribution in [0.3, 0.4) is 0 Å². The summed E-state index contributed by atoms with van der Waals surface area (Å²) in [4.78, 5) is 22.3. The van der Waals surface area contributed by atoms with Crippen molar-refractivity contribution < 1.29 is 19.8 Å². The summed E-state index contributed by atoms with van der Waals surface area (Å²) in [6.45, 7) is 0. The largest absolute Gasteiger partial charge is 0.478 e. The van der Waals surface area contributed by atoms with Crippen LogP contribution in [0.15, 0.2) is 36.4 Å². The highest BCUT2D eigenvalue weighted by atomic mass is 35.5. The Bertz CT molecular complexity index is 714. The lowest BCUT2D eigenvalue weighted by Gasteiger charge is -2.12. The number of benzene rings is 2. The summed E-state index contributed by atoms with van der Waals surface area (Å²) in [7, 11) is 0. The number of rotatable bonds is 4. The van der Waals surface area contributed by atoms with Crippen LogP contribution in [-0.4, -0.2) is 22.2 Å². The van der Waals surface area contributed by atoms with E-state index in [0.29, 0.717) is 10.7 Å². The van der Waals surface area contributed by atoms with E-state index in [1.807, 2.05) is 0 Å². The summed E-state index contributed by atoms with van der Waals surface area (Å²) >= 11 is 5.77. The van der Waals surface area contributed by atoms with Crippen molar-refractivity contribution >= 4 is 40.6 Å². The number of halogens is 1. The number of hydrogen-bond acceptors (Lipinski definition) is 4. The Kier molecular flexibility index (Phi) is 4.00. The molecule has 2 aromatic rings. The second-order valence-corrected chi connectivity index (χ2v) is 4.66. The van der Waals surface area contributed by atoms with E-state index in [4.69, 9.17) is 22.4 Å². The summed E-state index contributed by atoms with van der Waals surface area (Å²) < 4.78 is 0. The number of carbonyl (C=O) groups is 2. The van der Waals surface area contributed by atoms with Gasteiger partial charge >= 0.3 is 11.9 Å². The molecule has 0 heterocycles. The zero-order chi connectivity index (χ0) is 15.6. The monoisotopic (exact) mass is 306 g/mol. The van der Waals surface area contributed by atoms with Gasteiger partial charge in [0.25, 0.3) is 0 Å². The van der Waals surface area contributed by atoms with Gasteiger partial charge < -0.3 is 21.3 Å². The Balaban J connectivity index is 2.49. The number of aromatic carboxylic acids is 2. The number of carboxylic acids is 2. The molecule has 0 aromatic heterocycles. The number of nitrogens with one attached hydrogen (secondary N) is 1. The maximum atomic E-state index is 11.2. The molecule has 0 spiro atoms. The molecular weight excluding hydrogens is 296 g/mol. The van der Waals surface area contributed by atoms with Gasteiger partial charge in [-0.25, -0.2) is 9.59 Å². The summed E-state index contributed by atoms with van der Waals surface area (Å²) in [5.74, 6) is -2.45. The minimum atomic E-state index is -1.23. The first-order chi connectivity index (χ1) is 9.88. The number of hydrogen-bond donors (Lipinski definition) is 4. The van der Waals surface area contributed by atoms with Gasteiger partial charge in [0.1, 0.15) is 0 Å². The second kappa shape index (κ2) is 5.72. The van der Waals surface area contributed by atoms with Crippen molar-refractivity contribution in [1.82, 2.24) is 0 Å². The van der Waals surface area contributed by atoms with Crippen LogP contribution >= 0.6 is 11.6 Å². The molecule has 0 unspecified atom stereocenters. The Morgan fingerprint density at radius 1 is 1.00 bits per heavy atom. The van der Waals surface area contributed by atoms with E-state index >= 15 is 0 Å². The normalized spacial score (nSPS) is 10.1. The Morgan fingerprint density at radius 2 is 1.57 bits per heavy atom. The molecule has 5 N–H and O–H groups in total. The summed E-state index contributed by atoms with van der Waals surface area (Å²) in [5.41, 5.74) is 5.86. The van der Waals surface area contributed by atoms with Gasteiger partial charge in [-0.05, 0) is 36.4 Å². The summed E-state index contributed by atoms with van der Waals surface area (Å²) in [5, 5.41) is 21.6. The molecule has 0 bridgehead atoms. The zero-order valence-corrected chi connectivity index (χ0v) is 11.4. The highest BCUT2D eigenvalue weighted by molar-refractivity contribution is 6.30. The van der Waals surface area contributed by atoms with Gasteiger partial charge in [-0.2, -0.15) is 0 Å². The van der Waals surface area contributed by atoms with E-state index in [0.717, 1.165) is 6.07 Å². The fourth-order valence-corrected chi connectivity index (χ4v) is 1.90. The third-order valence-corrected chi connectivity index (χ3v) is 3.03. The molecule has 0 aliphatic heterocycles. The quantitative estimate of drug-likeness (QED) is 0.646. The maximum Gasteiger partial charge on any atom is 0.337 e. The van der Waals surface area contributed by atoms with Crippen LogP contribution in [0.25, 0.3) is 0 Å². The lowest BCUT2D eigenvalue weighted by molar-refractivity contribution is 0.0683. The fourth-order valence-electron chi connectivity index (χ4n) is 1.77. The minimum Gasteiger partial charge on any atom is -0.478 e. The first-order valence-corrected chi connectivity index (χ1v) is 6.19. The minimum absolute atomic E-state index is 0.110. The fraction of sp³-hybridized carbons (Fsp3) is 0. The van der Waals surface area contributed by atoms with Gasteiger partial charge in [-0.1, -0.05) is 11.6 Å². The standard InChI is InChI=1S/C14H11ClN2O4/c15-7-1-3-8(4-2-7)17-12-6-9(13(18)19)11(16)5-10(12)14(20)21/h1-6,17H,16H2,(H,18,19)(H,20,21). The molecule has 21 heavy (non-hydrogen) atoms. The van der Waals surface area contributed by atoms with Crippen LogP contribution in [0.1, 0.15) is 20.7 Å². The first kappa shape index (κ1) is 14.7. The average molecular weight is 307 g/mol. The predicted molar refractivity (Wildman–Crippen MR) is 79.5 cm³/mol. The van der Waals surface area contributed by atoms with E-state index in [9.17, 15) is 14.7 Å². The van der Waals surface area contributed by atoms with Gasteiger partial charge in [-0.3, -0.25) is 0 Å². The van der Waals surface area contributed by atoms with E-state index in [2.05, 4.69) is 5.32 Å². The van der Waals surface area contributed by atoms with Crippen molar-refractivity contribution in [2.45, 2.75) is 0 Å². The van der Waals surface area contributed by atoms with Crippen molar-refractivity contribution in [3.63, 3.8) is 0 Å². The molecule has 6 nitrogen and oxygen atoms in total. The Hall–Kier alpha value is -2.73. The molecule has 0 fully saturated rings. The smallest absolute Gasteiger partial charge is 0.337 e. The summed E-state index contributed by atoms with van der Waals surface area (Å²) in [6.07, 6.45) is 0. The maximum absolute atomic E-state index is 11.2. The van der Waals surface area contributed by atoms with Crippen molar-refractivity contribution in [2.75, 3.05) is 11.1 Å². The van der Waals surface area contributed by atoms with E-state index in [-0.39, 0.29) is 22.5 Å². The molecule has 108 valence electrons. The first-order valence-electron chi connectivity index (χ1n) is 5.81. The zero-order valence-electron chi connectivity index (χ0n) is 10.6. The van der Waals surface area contributed by atoms with Crippen molar-refractivity contribution in [3.8, 4) is 0 Å². The molecule has 0 radical (unpaired) electrons. The number of nitrogens with two attached hydrogens (primary N) is 1. The molecule has 7 heteroatoms. The average Bonchev–Trinajstić information content (AvgIpc) is 2.42. The molecule has 0 amide bonds. The van der Waals surface area contributed by atoms with Crippen LogP contribution in [0.4, 0.5) is 17.1 Å². The highest BCUT2D eigenvalue weighted by Gasteiger charge is 2.17. The topological polar surface area (TPSA) is 113 Å². The third kappa shape index (κ3) is 3.24. The van der Waals surface area contributed by atoms with E-state index in [1.54, 1.807) is 24.3 Å². The molecule has 0 saturated heterocycles. The van der Waals surface area contributed by atoms with Crippen LogP contribution in [0.5, 0.6) is 0 Å². The molecule has 2 rings (SSSR count). The molecule has 0 saturated carbocycles. The van der Waals surface area contributed by atoms with Gasteiger partial charge in [0.15, 0.2) is 0 Å². The lowest BCUT2D eigenvalue weighted by Crippen LogP contribution is -2.09. The van der Waals surface area contributed by atoms with Crippen molar-refractivity contribution in [2.24, 2.45) is 0 Å². The van der Waals surface area contributed by atoms with Crippen LogP contribution in [0.2, 0.25) is 5.02 Å². The van der Waals surface area contributed by atoms with Crippen molar-refractivity contribution in [3.05, 3.63) is 52.5 Å². The van der Waals surface area contributed by atoms with E-state index in [1.165, 1.54) is 6.07 Å². The van der Waals surface area contributed by atoms with Gasteiger partial charge in [-0.15, -0.1) is 0 Å². The summed E-state index contributed by atoms with van der Waals surface area (Å²) in [6, 6.07) is 8.84. The molecule has 0 atom stereocenters. The van der Waals surface area contributed by atoms with E-state index < -0.39 is 11.9 Å². The lowest BCUT2D eigenvalue weighted by atomic mass is 10.1. The number of carboxylic acid groups (broad SMARTS) is 2. The molecule has 0 aliphatic carbocycles. The molecule has 2 aromatic carbocycles. The van der Waals surface area contributed by atoms with Crippen LogP contribution in [-0.2, 0) is 0 Å². The molecular formula is C14H11ClN2O4. The highest BCUT2D eigenvalue weighted by Crippen LogP contribution is 2.27. The van der Waals surface area contributed by atoms with Gasteiger partial charge in [0, 0.05) is 16.4 Å². The SMILES string of the molecule is Nc1cc(C(=O)O)c(Nc2ccc(Cl)cc2)cc1C(=O)O. The van der Waals surface area contributed by atoms with Gasteiger partial charge in [0.05, 0.1) is 16.8 Å².